The monoisotopic (exact) mass is 222 g/mol. The summed E-state index contributed by atoms with van der Waals surface area (Å²) in [6.45, 7) is 5.63. The maximum atomic E-state index is 11.7. The summed E-state index contributed by atoms with van der Waals surface area (Å²) in [7, 11) is 1.67. The molecule has 0 aromatic carbocycles. The van der Waals surface area contributed by atoms with E-state index < -0.39 is 0 Å². The highest BCUT2D eigenvalue weighted by Crippen LogP contribution is 2.20. The van der Waals surface area contributed by atoms with Crippen molar-refractivity contribution >= 4 is 5.91 Å². The minimum atomic E-state index is -0.181. The number of carbonyl (C=O) groups is 1. The third-order valence-corrected chi connectivity index (χ3v) is 3.11. The molecule has 1 amide bonds. The molecule has 88 valence electrons. The van der Waals surface area contributed by atoms with Crippen LogP contribution in [0, 0.1) is 6.92 Å². The second-order valence-electron chi connectivity index (χ2n) is 4.14. The first kappa shape index (κ1) is 11.1. The number of fused-ring (bicyclic) bond motifs is 1. The van der Waals surface area contributed by atoms with Gasteiger partial charge in [-0.3, -0.25) is 4.79 Å². The first-order chi connectivity index (χ1) is 7.65. The Kier molecular flexibility index (Phi) is 2.96. The predicted molar refractivity (Wildman–Crippen MR) is 61.2 cm³/mol. The minimum absolute atomic E-state index is 0.0295. The van der Waals surface area contributed by atoms with Crippen LogP contribution in [0.25, 0.3) is 0 Å². The number of likely N-dealkylation sites (N-methyl/N-ethyl adjacent to an activating group) is 1. The van der Waals surface area contributed by atoms with Gasteiger partial charge in [0.25, 0.3) is 0 Å². The molecular formula is C11H18N4O. The van der Waals surface area contributed by atoms with Crippen LogP contribution in [0.1, 0.15) is 30.2 Å². The first-order valence-corrected chi connectivity index (χ1v) is 5.64. The summed E-state index contributed by atoms with van der Waals surface area (Å²) in [4.78, 5) is 16.2. The van der Waals surface area contributed by atoms with E-state index in [0.29, 0.717) is 0 Å². The number of hydrogen-bond acceptors (Lipinski definition) is 3. The van der Waals surface area contributed by atoms with E-state index in [4.69, 9.17) is 0 Å². The van der Waals surface area contributed by atoms with Gasteiger partial charge in [0.2, 0.25) is 5.91 Å². The predicted octanol–water partition coefficient (Wildman–Crippen LogP) is 0.144. The summed E-state index contributed by atoms with van der Waals surface area (Å²) in [6.07, 6.45) is 0.942. The maximum Gasteiger partial charge on any atom is 0.242 e. The van der Waals surface area contributed by atoms with Crippen molar-refractivity contribution in [2.45, 2.75) is 32.9 Å². The molecule has 16 heavy (non-hydrogen) atoms. The van der Waals surface area contributed by atoms with Crippen LogP contribution in [0.15, 0.2) is 0 Å². The summed E-state index contributed by atoms with van der Waals surface area (Å²) >= 11 is 0. The van der Waals surface area contributed by atoms with Crippen LogP contribution < -0.4 is 10.6 Å². The number of rotatable bonds is 2. The number of nitrogens with one attached hydrogen (secondary N) is 2. The molecule has 0 fully saturated rings. The second-order valence-corrected chi connectivity index (χ2v) is 4.14. The Labute approximate surface area is 95.2 Å². The topological polar surface area (TPSA) is 59.0 Å². The highest BCUT2D eigenvalue weighted by atomic mass is 16.2. The van der Waals surface area contributed by atoms with Crippen LogP contribution >= 0.6 is 0 Å². The van der Waals surface area contributed by atoms with E-state index in [-0.39, 0.29) is 11.9 Å². The third kappa shape index (κ3) is 1.71. The lowest BCUT2D eigenvalue weighted by Crippen LogP contribution is -2.31. The van der Waals surface area contributed by atoms with Crippen molar-refractivity contribution in [1.82, 2.24) is 20.2 Å². The van der Waals surface area contributed by atoms with Gasteiger partial charge in [-0.1, -0.05) is 0 Å². The van der Waals surface area contributed by atoms with Gasteiger partial charge in [-0.2, -0.15) is 0 Å². The zero-order chi connectivity index (χ0) is 11.7. The van der Waals surface area contributed by atoms with E-state index in [9.17, 15) is 4.79 Å². The molecule has 2 rings (SSSR count). The molecule has 0 spiro atoms. The Morgan fingerprint density at radius 1 is 1.62 bits per heavy atom. The Balaban J connectivity index is 2.39. The Morgan fingerprint density at radius 3 is 3.06 bits per heavy atom. The summed E-state index contributed by atoms with van der Waals surface area (Å²) in [6, 6.07) is -0.181. The normalized spacial score (nSPS) is 16.7. The fourth-order valence-corrected chi connectivity index (χ4v) is 2.31. The molecule has 1 atom stereocenters. The first-order valence-electron chi connectivity index (χ1n) is 5.64. The minimum Gasteiger partial charge on any atom is -0.357 e. The molecule has 0 aliphatic carbocycles. The number of aromatic nitrogens is 2. The van der Waals surface area contributed by atoms with E-state index in [0.717, 1.165) is 31.0 Å². The van der Waals surface area contributed by atoms with Crippen molar-refractivity contribution in [2.75, 3.05) is 13.6 Å². The number of aryl methyl sites for hydroxylation is 1. The molecular weight excluding hydrogens is 204 g/mol. The molecule has 1 aliphatic rings. The molecule has 5 heteroatoms. The van der Waals surface area contributed by atoms with Gasteiger partial charge in [0.05, 0.1) is 5.69 Å². The summed E-state index contributed by atoms with van der Waals surface area (Å²) in [5.41, 5.74) is 2.28. The van der Waals surface area contributed by atoms with E-state index in [2.05, 4.69) is 20.2 Å². The largest absolute Gasteiger partial charge is 0.357 e. The maximum absolute atomic E-state index is 11.7. The lowest BCUT2D eigenvalue weighted by atomic mass is 10.1. The summed E-state index contributed by atoms with van der Waals surface area (Å²) < 4.78 is 2.05. The Hall–Kier alpha value is -1.36. The molecule has 0 radical (unpaired) electrons. The van der Waals surface area contributed by atoms with Gasteiger partial charge in [0.1, 0.15) is 11.9 Å². The van der Waals surface area contributed by atoms with Crippen LogP contribution in [0.3, 0.4) is 0 Å². The molecule has 0 saturated heterocycles. The molecule has 1 aromatic rings. The van der Waals surface area contributed by atoms with Gasteiger partial charge >= 0.3 is 0 Å². The van der Waals surface area contributed by atoms with Crippen molar-refractivity contribution in [3.63, 3.8) is 0 Å². The molecule has 0 saturated carbocycles. The molecule has 2 N–H and O–H groups in total. The van der Waals surface area contributed by atoms with Crippen LogP contribution in [0.5, 0.6) is 0 Å². The number of imidazole rings is 1. The highest BCUT2D eigenvalue weighted by molar-refractivity contribution is 5.79. The molecule has 1 aromatic heterocycles. The number of amides is 1. The SMILES string of the molecule is CNC(=O)C(C)n1c(C)nc2c1CCNC2. The summed E-state index contributed by atoms with van der Waals surface area (Å²) in [5, 5.41) is 5.97. The van der Waals surface area contributed by atoms with Gasteiger partial charge in [-0.15, -0.1) is 0 Å². The van der Waals surface area contributed by atoms with Crippen LogP contribution in [0.2, 0.25) is 0 Å². The van der Waals surface area contributed by atoms with E-state index in [1.165, 1.54) is 5.69 Å². The molecule has 0 bridgehead atoms. The van der Waals surface area contributed by atoms with Crippen molar-refractivity contribution in [3.8, 4) is 0 Å². The fraction of sp³-hybridized carbons (Fsp3) is 0.636. The number of carbonyl (C=O) groups excluding carboxylic acids is 1. The Bertz CT molecular complexity index is 410. The number of nitrogens with zero attached hydrogens (tertiary/aromatic N) is 2. The van der Waals surface area contributed by atoms with Crippen molar-refractivity contribution in [3.05, 3.63) is 17.2 Å². The summed E-state index contributed by atoms with van der Waals surface area (Å²) in [5.74, 6) is 0.951. The second kappa shape index (κ2) is 4.25. The van der Waals surface area contributed by atoms with E-state index in [1.54, 1.807) is 7.05 Å². The van der Waals surface area contributed by atoms with Crippen LogP contribution in [-0.4, -0.2) is 29.1 Å². The quantitative estimate of drug-likeness (QED) is 0.748. The van der Waals surface area contributed by atoms with E-state index >= 15 is 0 Å². The van der Waals surface area contributed by atoms with Gasteiger partial charge in [-0.05, 0) is 13.8 Å². The van der Waals surface area contributed by atoms with Crippen molar-refractivity contribution in [1.29, 1.82) is 0 Å². The number of hydrogen-bond donors (Lipinski definition) is 2. The molecule has 5 nitrogen and oxygen atoms in total. The fourth-order valence-electron chi connectivity index (χ4n) is 2.31. The molecule has 2 heterocycles. The van der Waals surface area contributed by atoms with Crippen molar-refractivity contribution < 1.29 is 4.79 Å². The van der Waals surface area contributed by atoms with Gasteiger partial charge in [-0.25, -0.2) is 4.98 Å². The smallest absolute Gasteiger partial charge is 0.242 e. The van der Waals surface area contributed by atoms with E-state index in [1.807, 2.05) is 13.8 Å². The van der Waals surface area contributed by atoms with Gasteiger partial charge in [0.15, 0.2) is 0 Å². The molecule has 1 aliphatic heterocycles. The average molecular weight is 222 g/mol. The third-order valence-electron chi connectivity index (χ3n) is 3.11. The van der Waals surface area contributed by atoms with Gasteiger partial charge in [0, 0.05) is 32.3 Å². The lowest BCUT2D eigenvalue weighted by Gasteiger charge is -2.20. The van der Waals surface area contributed by atoms with Gasteiger partial charge < -0.3 is 15.2 Å². The van der Waals surface area contributed by atoms with Crippen molar-refractivity contribution in [2.24, 2.45) is 0 Å². The average Bonchev–Trinajstić information content (AvgIpc) is 2.63. The van der Waals surface area contributed by atoms with Crippen LogP contribution in [0.4, 0.5) is 0 Å². The molecule has 1 unspecified atom stereocenters. The highest BCUT2D eigenvalue weighted by Gasteiger charge is 2.23. The lowest BCUT2D eigenvalue weighted by molar-refractivity contribution is -0.123. The standard InChI is InChI=1S/C11H18N4O/c1-7(11(16)12-3)15-8(2)14-9-6-13-5-4-10(9)15/h7,13H,4-6H2,1-3H3,(H,12,16). The zero-order valence-electron chi connectivity index (χ0n) is 10.0. The van der Waals surface area contributed by atoms with Crippen LogP contribution in [-0.2, 0) is 17.8 Å². The zero-order valence-corrected chi connectivity index (χ0v) is 10.0. The Morgan fingerprint density at radius 2 is 2.38 bits per heavy atom.